The molecule has 2 aromatic carbocycles. The van der Waals surface area contributed by atoms with E-state index in [2.05, 4.69) is 28.6 Å². The number of thiocarbonyl (C=S) groups is 1. The van der Waals surface area contributed by atoms with Crippen molar-refractivity contribution < 1.29 is 0 Å². The molecule has 0 bridgehead atoms. The van der Waals surface area contributed by atoms with E-state index in [1.165, 1.54) is 5.56 Å². The molecule has 0 aliphatic rings. The number of H-pyrrole nitrogens is 1. The first kappa shape index (κ1) is 18.1. The molecule has 4 nitrogen and oxygen atoms in total. The molecule has 0 saturated carbocycles. The molecular formula is C21H23N3OS. The van der Waals surface area contributed by atoms with Crippen molar-refractivity contribution in [1.82, 2.24) is 10.3 Å². The van der Waals surface area contributed by atoms with Crippen molar-refractivity contribution in [3.8, 4) is 0 Å². The van der Waals surface area contributed by atoms with E-state index in [0.29, 0.717) is 18.1 Å². The molecule has 3 aromatic rings. The van der Waals surface area contributed by atoms with Crippen LogP contribution in [-0.4, -0.2) is 16.6 Å². The number of fused-ring (bicyclic) bond motifs is 1. The molecule has 0 fully saturated rings. The highest BCUT2D eigenvalue weighted by atomic mass is 32.1. The standard InChI is InChI=1S/C21H23N3OS/c1-13-5-7-18(15(3)10-13)24-21(26)22-9-8-17-12-16-6-4-14(2)11-19(16)23-20(17)25/h4-7,10-12H,8-9H2,1-3H3,(H,23,25)(H2,22,24,26). The second kappa shape index (κ2) is 7.70. The lowest BCUT2D eigenvalue weighted by Gasteiger charge is -2.13. The molecule has 0 unspecified atom stereocenters. The largest absolute Gasteiger partial charge is 0.362 e. The van der Waals surface area contributed by atoms with Gasteiger partial charge in [0.15, 0.2) is 5.11 Å². The van der Waals surface area contributed by atoms with Gasteiger partial charge < -0.3 is 15.6 Å². The predicted molar refractivity (Wildman–Crippen MR) is 113 cm³/mol. The highest BCUT2D eigenvalue weighted by Crippen LogP contribution is 2.16. The summed E-state index contributed by atoms with van der Waals surface area (Å²) >= 11 is 5.36. The molecule has 0 aliphatic heterocycles. The fourth-order valence-electron chi connectivity index (χ4n) is 2.98. The lowest BCUT2D eigenvalue weighted by molar-refractivity contribution is 0.863. The van der Waals surface area contributed by atoms with Crippen LogP contribution in [0.1, 0.15) is 22.3 Å². The molecule has 0 radical (unpaired) electrons. The zero-order valence-electron chi connectivity index (χ0n) is 15.3. The van der Waals surface area contributed by atoms with E-state index in [4.69, 9.17) is 12.2 Å². The van der Waals surface area contributed by atoms with Gasteiger partial charge in [0.2, 0.25) is 0 Å². The fraction of sp³-hybridized carbons (Fsp3) is 0.238. The van der Waals surface area contributed by atoms with Crippen LogP contribution in [0.5, 0.6) is 0 Å². The first-order valence-corrected chi connectivity index (χ1v) is 9.08. The molecule has 0 aliphatic carbocycles. The summed E-state index contributed by atoms with van der Waals surface area (Å²) in [5, 5.41) is 7.98. The quantitative estimate of drug-likeness (QED) is 0.612. The molecule has 5 heteroatoms. The highest BCUT2D eigenvalue weighted by molar-refractivity contribution is 7.80. The summed E-state index contributed by atoms with van der Waals surface area (Å²) in [7, 11) is 0. The molecule has 0 amide bonds. The normalized spacial score (nSPS) is 10.7. The lowest BCUT2D eigenvalue weighted by Crippen LogP contribution is -2.31. The molecule has 3 rings (SSSR count). The Morgan fingerprint density at radius 3 is 2.54 bits per heavy atom. The average Bonchev–Trinajstić information content (AvgIpc) is 2.58. The van der Waals surface area contributed by atoms with Crippen LogP contribution >= 0.6 is 12.2 Å². The first-order valence-electron chi connectivity index (χ1n) is 8.67. The van der Waals surface area contributed by atoms with Crippen molar-refractivity contribution in [2.24, 2.45) is 0 Å². The smallest absolute Gasteiger partial charge is 0.251 e. The van der Waals surface area contributed by atoms with Crippen molar-refractivity contribution in [3.05, 3.63) is 75.1 Å². The number of anilines is 1. The van der Waals surface area contributed by atoms with Crippen molar-refractivity contribution in [1.29, 1.82) is 0 Å². The number of hydrogen-bond acceptors (Lipinski definition) is 2. The minimum absolute atomic E-state index is 0.0434. The summed E-state index contributed by atoms with van der Waals surface area (Å²) in [6.07, 6.45) is 0.605. The van der Waals surface area contributed by atoms with Gasteiger partial charge in [-0.15, -0.1) is 0 Å². The van der Waals surface area contributed by atoms with Crippen LogP contribution in [0.4, 0.5) is 5.69 Å². The number of rotatable bonds is 4. The van der Waals surface area contributed by atoms with E-state index in [9.17, 15) is 4.79 Å². The van der Waals surface area contributed by atoms with Crippen LogP contribution in [-0.2, 0) is 6.42 Å². The Balaban J connectivity index is 1.61. The molecule has 0 saturated heterocycles. The number of aryl methyl sites for hydroxylation is 3. The van der Waals surface area contributed by atoms with E-state index in [0.717, 1.165) is 33.3 Å². The Morgan fingerprint density at radius 2 is 1.77 bits per heavy atom. The van der Waals surface area contributed by atoms with Gasteiger partial charge in [0.1, 0.15) is 0 Å². The minimum atomic E-state index is -0.0434. The summed E-state index contributed by atoms with van der Waals surface area (Å²) < 4.78 is 0. The van der Waals surface area contributed by atoms with E-state index >= 15 is 0 Å². The molecule has 0 atom stereocenters. The Hall–Kier alpha value is -2.66. The van der Waals surface area contributed by atoms with Gasteiger partial charge in [-0.1, -0.05) is 29.8 Å². The summed E-state index contributed by atoms with van der Waals surface area (Å²) in [5.74, 6) is 0. The molecule has 134 valence electrons. The van der Waals surface area contributed by atoms with Crippen LogP contribution in [0.15, 0.2) is 47.3 Å². The third-order valence-electron chi connectivity index (χ3n) is 4.39. The second-order valence-corrected chi connectivity index (χ2v) is 7.07. The lowest BCUT2D eigenvalue weighted by atomic mass is 10.1. The van der Waals surface area contributed by atoms with Gasteiger partial charge in [-0.05, 0) is 74.1 Å². The second-order valence-electron chi connectivity index (χ2n) is 6.66. The van der Waals surface area contributed by atoms with Gasteiger partial charge in [-0.3, -0.25) is 4.79 Å². The van der Waals surface area contributed by atoms with E-state index in [-0.39, 0.29) is 5.56 Å². The molecule has 0 spiro atoms. The summed E-state index contributed by atoms with van der Waals surface area (Å²) in [4.78, 5) is 15.2. The van der Waals surface area contributed by atoms with Gasteiger partial charge in [-0.2, -0.15) is 0 Å². The van der Waals surface area contributed by atoms with Crippen LogP contribution in [0, 0.1) is 20.8 Å². The molecule has 1 aromatic heterocycles. The van der Waals surface area contributed by atoms with E-state index in [1.54, 1.807) is 0 Å². The van der Waals surface area contributed by atoms with Crippen LogP contribution in [0.3, 0.4) is 0 Å². The van der Waals surface area contributed by atoms with Gasteiger partial charge >= 0.3 is 0 Å². The highest BCUT2D eigenvalue weighted by Gasteiger charge is 2.05. The number of aromatic nitrogens is 1. The topological polar surface area (TPSA) is 56.9 Å². The summed E-state index contributed by atoms with van der Waals surface area (Å²) in [6.45, 7) is 6.72. The van der Waals surface area contributed by atoms with Gasteiger partial charge in [0, 0.05) is 23.3 Å². The maximum atomic E-state index is 12.3. The minimum Gasteiger partial charge on any atom is -0.362 e. The number of nitrogens with one attached hydrogen (secondary N) is 3. The SMILES string of the molecule is Cc1ccc(NC(=S)NCCc2cc3ccc(C)cc3[nH]c2=O)c(C)c1. The molecule has 26 heavy (non-hydrogen) atoms. The Morgan fingerprint density at radius 1 is 1.04 bits per heavy atom. The fourth-order valence-corrected chi connectivity index (χ4v) is 3.19. The zero-order chi connectivity index (χ0) is 18.7. The van der Waals surface area contributed by atoms with Crippen molar-refractivity contribution >= 4 is 33.9 Å². The molecular weight excluding hydrogens is 342 g/mol. The Bertz CT molecular complexity index is 1020. The number of hydrogen-bond donors (Lipinski definition) is 3. The maximum absolute atomic E-state index is 12.3. The average molecular weight is 366 g/mol. The van der Waals surface area contributed by atoms with Gasteiger partial charge in [-0.25, -0.2) is 0 Å². The zero-order valence-corrected chi connectivity index (χ0v) is 16.1. The Labute approximate surface area is 158 Å². The van der Waals surface area contributed by atoms with Crippen LogP contribution in [0.2, 0.25) is 0 Å². The number of aromatic amines is 1. The number of pyridine rings is 1. The summed E-state index contributed by atoms with van der Waals surface area (Å²) in [5.41, 5.74) is 6.07. The van der Waals surface area contributed by atoms with E-state index in [1.807, 2.05) is 50.2 Å². The Kier molecular flexibility index (Phi) is 5.38. The van der Waals surface area contributed by atoms with Gasteiger partial charge in [0.05, 0.1) is 0 Å². The monoisotopic (exact) mass is 365 g/mol. The molecule has 1 heterocycles. The number of benzene rings is 2. The van der Waals surface area contributed by atoms with Crippen LogP contribution in [0.25, 0.3) is 10.9 Å². The van der Waals surface area contributed by atoms with Gasteiger partial charge in [0.25, 0.3) is 5.56 Å². The molecule has 3 N–H and O–H groups in total. The first-order chi connectivity index (χ1) is 12.4. The van der Waals surface area contributed by atoms with Crippen LogP contribution < -0.4 is 16.2 Å². The maximum Gasteiger partial charge on any atom is 0.251 e. The predicted octanol–water partition coefficient (Wildman–Crippen LogP) is 3.98. The van der Waals surface area contributed by atoms with Crippen molar-refractivity contribution in [2.75, 3.05) is 11.9 Å². The van der Waals surface area contributed by atoms with Crippen molar-refractivity contribution in [3.63, 3.8) is 0 Å². The summed E-state index contributed by atoms with van der Waals surface area (Å²) in [6, 6.07) is 14.2. The third-order valence-corrected chi connectivity index (χ3v) is 4.63. The van der Waals surface area contributed by atoms with E-state index < -0.39 is 0 Å². The van der Waals surface area contributed by atoms with Crippen molar-refractivity contribution in [2.45, 2.75) is 27.2 Å². The third kappa shape index (κ3) is 4.29.